The molecule has 49 heavy (non-hydrogen) atoms. The van der Waals surface area contributed by atoms with Crippen LogP contribution in [0.1, 0.15) is 16.4 Å². The third-order valence-electron chi connectivity index (χ3n) is 8.64. The number of nitrogens with zero attached hydrogens (tertiary/aromatic N) is 1. The van der Waals surface area contributed by atoms with Gasteiger partial charge in [0.25, 0.3) is 0 Å². The Labute approximate surface area is 303 Å². The van der Waals surface area contributed by atoms with Gasteiger partial charge in [0.1, 0.15) is 0 Å². The maximum absolute atomic E-state index is 9.72. The van der Waals surface area contributed by atoms with E-state index in [0.717, 1.165) is 31.8 Å². The van der Waals surface area contributed by atoms with Gasteiger partial charge in [0.15, 0.2) is 0 Å². The lowest BCUT2D eigenvalue weighted by Crippen LogP contribution is -2.10. The topological polar surface area (TPSA) is 3.24 Å². The molecule has 1 nitrogen and oxygen atoms in total. The molecule has 0 unspecified atom stereocenters. The molecule has 0 aliphatic carbocycles. The maximum Gasteiger partial charge on any atom is 0.0651 e. The van der Waals surface area contributed by atoms with Gasteiger partial charge in [-0.25, -0.2) is 0 Å². The van der Waals surface area contributed by atoms with Crippen molar-refractivity contribution in [1.82, 2.24) is 0 Å². The van der Waals surface area contributed by atoms with Crippen LogP contribution in [0.25, 0.3) is 65.7 Å². The largest absolute Gasteiger partial charge is 0.310 e. The highest BCUT2D eigenvalue weighted by Gasteiger charge is 2.15. The smallest absolute Gasteiger partial charge is 0.0651 e. The minimum atomic E-state index is -0.718. The summed E-state index contributed by atoms with van der Waals surface area (Å²) in [6, 6.07) is 31.1. The van der Waals surface area contributed by atoms with E-state index in [1.807, 2.05) is 78.9 Å². The summed E-state index contributed by atoms with van der Waals surface area (Å²) in [5.74, 6) is 0. The Morgan fingerprint density at radius 3 is 1.71 bits per heavy atom. The van der Waals surface area contributed by atoms with Crippen LogP contribution in [0, 0.1) is 0 Å². The van der Waals surface area contributed by atoms with Crippen molar-refractivity contribution < 1.29 is 16.4 Å². The molecule has 0 atom stereocenters. The van der Waals surface area contributed by atoms with Crippen molar-refractivity contribution in [3.05, 3.63) is 200 Å². The van der Waals surface area contributed by atoms with Gasteiger partial charge >= 0.3 is 0 Å². The highest BCUT2D eigenvalue weighted by atomic mass is 15.1. The lowest BCUT2D eigenvalue weighted by molar-refractivity contribution is 1.28. The summed E-state index contributed by atoms with van der Waals surface area (Å²) in [7, 11) is 0. The first-order valence-electron chi connectivity index (χ1n) is 21.9. The van der Waals surface area contributed by atoms with Crippen molar-refractivity contribution in [2.24, 2.45) is 0 Å². The zero-order chi connectivity index (χ0) is 43.0. The van der Waals surface area contributed by atoms with Crippen LogP contribution in [0.5, 0.6) is 0 Å². The van der Waals surface area contributed by atoms with Crippen molar-refractivity contribution >= 4 is 49.4 Å². The molecule has 0 amide bonds. The molecule has 0 saturated carbocycles. The summed E-state index contributed by atoms with van der Waals surface area (Å²) in [5.41, 5.74) is -0.607. The van der Waals surface area contributed by atoms with Gasteiger partial charge in [0.2, 0.25) is 0 Å². The van der Waals surface area contributed by atoms with Crippen LogP contribution in [-0.2, 0) is 0 Å². The average molecular weight is 636 g/mol. The number of hydrogen-bond acceptors (Lipinski definition) is 1. The standard InChI is InChI=1S/C48H33N/c1-2-11-34(12-3-1)36-23-27-42(28-24-36)49(44-17-10-16-39(32-44)40-22-21-35-13-4-5-14-38(35)31-40)43-29-25-37(26-30-43)48-33-41-15-6-7-18-45(41)46-19-8-9-20-47(46)48/h1-33H/i10D,16D,17D,23D,24D,25D,26D,27D,28D,29D,30D,32D. The van der Waals surface area contributed by atoms with E-state index >= 15 is 0 Å². The zero-order valence-electron chi connectivity index (χ0n) is 38.1. The second-order valence-electron chi connectivity index (χ2n) is 11.6. The van der Waals surface area contributed by atoms with Gasteiger partial charge in [-0.2, -0.15) is 0 Å². The quantitative estimate of drug-likeness (QED) is 0.164. The SMILES string of the molecule is [2H]c1c([2H])c(-c2ccc3ccccc3c2)c([2H])c(N(c2c([2H])c([2H])c(-c3ccccc3)c([2H])c2[2H])c2c([2H])c([2H])c(-c3cc4ccccc4c4ccccc34)c([2H])c2[2H])c1[2H]. The minimum Gasteiger partial charge on any atom is -0.310 e. The molecule has 0 bridgehead atoms. The number of fused-ring (bicyclic) bond motifs is 4. The molecule has 0 fully saturated rings. The number of rotatable bonds is 6. The van der Waals surface area contributed by atoms with E-state index < -0.39 is 89.6 Å². The summed E-state index contributed by atoms with van der Waals surface area (Å²) >= 11 is 0. The molecular weight excluding hydrogens is 591 g/mol. The molecule has 0 aliphatic heterocycles. The van der Waals surface area contributed by atoms with Gasteiger partial charge in [0.05, 0.1) is 16.4 Å². The molecule has 1 heteroatoms. The van der Waals surface area contributed by atoms with E-state index in [2.05, 4.69) is 0 Å². The van der Waals surface area contributed by atoms with Crippen molar-refractivity contribution in [2.75, 3.05) is 4.90 Å². The first kappa shape index (κ1) is 18.8. The molecule has 9 rings (SSSR count). The number of anilines is 3. The Kier molecular flexibility index (Phi) is 4.71. The van der Waals surface area contributed by atoms with Crippen molar-refractivity contribution in [2.45, 2.75) is 0 Å². The molecule has 0 heterocycles. The van der Waals surface area contributed by atoms with E-state index in [4.69, 9.17) is 2.74 Å². The molecule has 9 aromatic rings. The lowest BCUT2D eigenvalue weighted by atomic mass is 9.93. The van der Waals surface area contributed by atoms with E-state index in [0.29, 0.717) is 22.1 Å². The van der Waals surface area contributed by atoms with Gasteiger partial charge in [0, 0.05) is 17.1 Å². The van der Waals surface area contributed by atoms with Crippen LogP contribution in [0.4, 0.5) is 17.1 Å². The Morgan fingerprint density at radius 1 is 0.347 bits per heavy atom. The maximum atomic E-state index is 9.72. The van der Waals surface area contributed by atoms with Gasteiger partial charge in [-0.05, 0) is 114 Å². The monoisotopic (exact) mass is 635 g/mol. The first-order chi connectivity index (χ1) is 29.3. The van der Waals surface area contributed by atoms with Crippen molar-refractivity contribution in [1.29, 1.82) is 0 Å². The number of hydrogen-bond donors (Lipinski definition) is 0. The minimum absolute atomic E-state index is 0.0311. The van der Waals surface area contributed by atoms with Gasteiger partial charge in [-0.15, -0.1) is 0 Å². The van der Waals surface area contributed by atoms with Crippen LogP contribution >= 0.6 is 0 Å². The highest BCUT2D eigenvalue weighted by molar-refractivity contribution is 6.13. The van der Waals surface area contributed by atoms with Gasteiger partial charge in [-0.1, -0.05) is 152 Å². The Morgan fingerprint density at radius 2 is 0.959 bits per heavy atom. The van der Waals surface area contributed by atoms with Crippen LogP contribution in [0.2, 0.25) is 0 Å². The first-order valence-corrected chi connectivity index (χ1v) is 15.9. The van der Waals surface area contributed by atoms with Crippen molar-refractivity contribution in [3.63, 3.8) is 0 Å². The van der Waals surface area contributed by atoms with Gasteiger partial charge in [-0.3, -0.25) is 0 Å². The summed E-state index contributed by atoms with van der Waals surface area (Å²) in [6.07, 6.45) is 0. The molecule has 230 valence electrons. The van der Waals surface area contributed by atoms with Crippen LogP contribution in [-0.4, -0.2) is 0 Å². The molecule has 9 aromatic carbocycles. The predicted molar refractivity (Wildman–Crippen MR) is 210 cm³/mol. The zero-order valence-corrected chi connectivity index (χ0v) is 26.1. The van der Waals surface area contributed by atoms with Crippen LogP contribution in [0.3, 0.4) is 0 Å². The van der Waals surface area contributed by atoms with E-state index in [1.54, 1.807) is 48.5 Å². The second kappa shape index (κ2) is 12.3. The highest BCUT2D eigenvalue weighted by Crippen LogP contribution is 2.40. The third-order valence-corrected chi connectivity index (χ3v) is 8.64. The van der Waals surface area contributed by atoms with Crippen LogP contribution in [0.15, 0.2) is 200 Å². The molecule has 0 spiro atoms. The molecule has 0 N–H and O–H groups in total. The van der Waals surface area contributed by atoms with Crippen LogP contribution < -0.4 is 4.90 Å². The number of benzene rings is 9. The molecule has 0 aromatic heterocycles. The summed E-state index contributed by atoms with van der Waals surface area (Å²) < 4.78 is 113. The molecule has 0 radical (unpaired) electrons. The second-order valence-corrected chi connectivity index (χ2v) is 11.6. The Hall–Kier alpha value is -6.44. The third kappa shape index (κ3) is 5.42. The Bertz CT molecular complexity index is 3240. The summed E-state index contributed by atoms with van der Waals surface area (Å²) in [4.78, 5) is 0.894. The molecular formula is C48H33N. The van der Waals surface area contributed by atoms with Gasteiger partial charge < -0.3 is 4.90 Å². The summed E-state index contributed by atoms with van der Waals surface area (Å²) in [6.45, 7) is 0. The molecule has 0 saturated heterocycles. The fourth-order valence-electron chi connectivity index (χ4n) is 6.25. The van der Waals surface area contributed by atoms with E-state index in [1.165, 1.54) is 0 Å². The van der Waals surface area contributed by atoms with E-state index in [9.17, 15) is 13.7 Å². The normalized spacial score (nSPS) is 14.7. The van der Waals surface area contributed by atoms with E-state index in [-0.39, 0.29) is 16.7 Å². The molecule has 0 aliphatic rings. The average Bonchev–Trinajstić information content (AvgIpc) is 3.27. The Balaban J connectivity index is 1.40. The fraction of sp³-hybridized carbons (Fsp3) is 0. The summed E-state index contributed by atoms with van der Waals surface area (Å²) in [5, 5.41) is 4.88. The van der Waals surface area contributed by atoms with Crippen molar-refractivity contribution in [3.8, 4) is 33.4 Å². The predicted octanol–water partition coefficient (Wildman–Crippen LogP) is 13.6. The fourth-order valence-corrected chi connectivity index (χ4v) is 6.25. The lowest BCUT2D eigenvalue weighted by Gasteiger charge is -2.26.